The van der Waals surface area contributed by atoms with Crippen LogP contribution in [0.1, 0.15) is 17.9 Å². The molecule has 2 aliphatic heterocycles. The predicted octanol–water partition coefficient (Wildman–Crippen LogP) is 1.46. The van der Waals surface area contributed by atoms with Gasteiger partial charge in [-0.15, -0.1) is 0 Å². The lowest BCUT2D eigenvalue weighted by atomic mass is 9.98. The maximum Gasteiger partial charge on any atom is 0.161 e. The van der Waals surface area contributed by atoms with Gasteiger partial charge in [-0.25, -0.2) is 0 Å². The molecule has 0 radical (unpaired) electrons. The summed E-state index contributed by atoms with van der Waals surface area (Å²) >= 11 is 0. The predicted molar refractivity (Wildman–Crippen MR) is 75.1 cm³/mol. The van der Waals surface area contributed by atoms with Gasteiger partial charge in [-0.3, -0.25) is 4.90 Å². The quantitative estimate of drug-likeness (QED) is 0.891. The Morgan fingerprint density at radius 1 is 1.26 bits per heavy atom. The summed E-state index contributed by atoms with van der Waals surface area (Å²) in [5, 5.41) is 3.40. The second-order valence-electron chi connectivity index (χ2n) is 5.56. The van der Waals surface area contributed by atoms with Gasteiger partial charge >= 0.3 is 0 Å². The van der Waals surface area contributed by atoms with Crippen LogP contribution in [-0.4, -0.2) is 51.3 Å². The number of methoxy groups -OCH3 is 1. The van der Waals surface area contributed by atoms with Crippen molar-refractivity contribution in [2.24, 2.45) is 0 Å². The van der Waals surface area contributed by atoms with E-state index in [4.69, 9.17) is 9.47 Å². The van der Waals surface area contributed by atoms with Gasteiger partial charge in [0, 0.05) is 19.6 Å². The van der Waals surface area contributed by atoms with Crippen molar-refractivity contribution in [3.63, 3.8) is 0 Å². The highest BCUT2D eigenvalue weighted by atomic mass is 16.5. The molecule has 1 atom stereocenters. The molecule has 0 aliphatic carbocycles. The maximum absolute atomic E-state index is 5.98. The van der Waals surface area contributed by atoms with E-state index in [1.165, 1.54) is 12.0 Å². The molecule has 1 unspecified atom stereocenters. The standard InChI is InChI=1S/C15H22N2O2/c1-17-9-13(10-17)19-14-4-3-11(7-15(14)18-2)12-5-6-16-8-12/h3-4,7,12-13,16H,5-6,8-10H2,1-2H3. The highest BCUT2D eigenvalue weighted by Crippen LogP contribution is 2.34. The van der Waals surface area contributed by atoms with E-state index >= 15 is 0 Å². The minimum Gasteiger partial charge on any atom is -0.493 e. The monoisotopic (exact) mass is 262 g/mol. The fourth-order valence-electron chi connectivity index (χ4n) is 2.87. The highest BCUT2D eigenvalue weighted by Gasteiger charge is 2.26. The maximum atomic E-state index is 5.98. The molecule has 0 saturated carbocycles. The van der Waals surface area contributed by atoms with Crippen LogP contribution in [-0.2, 0) is 0 Å². The first kappa shape index (κ1) is 12.8. The van der Waals surface area contributed by atoms with Gasteiger partial charge in [-0.05, 0) is 43.6 Å². The molecule has 1 N–H and O–H groups in total. The van der Waals surface area contributed by atoms with Crippen molar-refractivity contribution in [2.45, 2.75) is 18.4 Å². The fraction of sp³-hybridized carbons (Fsp3) is 0.600. The van der Waals surface area contributed by atoms with Gasteiger partial charge in [-0.2, -0.15) is 0 Å². The molecule has 2 fully saturated rings. The Labute approximate surface area is 114 Å². The average molecular weight is 262 g/mol. The lowest BCUT2D eigenvalue weighted by molar-refractivity contribution is 0.0369. The van der Waals surface area contributed by atoms with E-state index in [0.717, 1.165) is 37.7 Å². The van der Waals surface area contributed by atoms with E-state index in [1.54, 1.807) is 7.11 Å². The van der Waals surface area contributed by atoms with E-state index in [0.29, 0.717) is 12.0 Å². The third-order valence-electron chi connectivity index (χ3n) is 4.04. The number of nitrogens with zero attached hydrogens (tertiary/aromatic N) is 1. The van der Waals surface area contributed by atoms with Crippen LogP contribution >= 0.6 is 0 Å². The Kier molecular flexibility index (Phi) is 3.62. The average Bonchev–Trinajstić information content (AvgIpc) is 2.91. The van der Waals surface area contributed by atoms with Gasteiger partial charge in [0.05, 0.1) is 7.11 Å². The van der Waals surface area contributed by atoms with Crippen molar-refractivity contribution < 1.29 is 9.47 Å². The number of likely N-dealkylation sites (N-methyl/N-ethyl adjacent to an activating group) is 1. The van der Waals surface area contributed by atoms with Gasteiger partial charge in [-0.1, -0.05) is 6.07 Å². The van der Waals surface area contributed by atoms with Crippen molar-refractivity contribution >= 4 is 0 Å². The van der Waals surface area contributed by atoms with Gasteiger partial charge in [0.25, 0.3) is 0 Å². The summed E-state index contributed by atoms with van der Waals surface area (Å²) < 4.78 is 11.5. The summed E-state index contributed by atoms with van der Waals surface area (Å²) in [6, 6.07) is 6.37. The highest BCUT2D eigenvalue weighted by molar-refractivity contribution is 5.44. The van der Waals surface area contributed by atoms with Crippen molar-refractivity contribution in [3.8, 4) is 11.5 Å². The summed E-state index contributed by atoms with van der Waals surface area (Å²) in [6.07, 6.45) is 1.51. The molecule has 1 aromatic rings. The summed E-state index contributed by atoms with van der Waals surface area (Å²) in [5.74, 6) is 2.34. The molecule has 0 amide bonds. The molecule has 0 aromatic heterocycles. The van der Waals surface area contributed by atoms with Crippen LogP contribution in [0.2, 0.25) is 0 Å². The van der Waals surface area contributed by atoms with E-state index in [-0.39, 0.29) is 0 Å². The Balaban J connectivity index is 1.73. The van der Waals surface area contributed by atoms with E-state index in [2.05, 4.69) is 35.5 Å². The van der Waals surface area contributed by atoms with Crippen molar-refractivity contribution in [1.82, 2.24) is 10.2 Å². The first-order chi connectivity index (χ1) is 9.26. The summed E-state index contributed by atoms with van der Waals surface area (Å²) in [5.41, 5.74) is 1.35. The minimum atomic E-state index is 0.304. The minimum absolute atomic E-state index is 0.304. The fourth-order valence-corrected chi connectivity index (χ4v) is 2.87. The molecular formula is C15H22N2O2. The second kappa shape index (κ2) is 5.39. The second-order valence-corrected chi connectivity index (χ2v) is 5.56. The molecule has 1 aromatic carbocycles. The van der Waals surface area contributed by atoms with Crippen LogP contribution in [0.15, 0.2) is 18.2 Å². The lowest BCUT2D eigenvalue weighted by Gasteiger charge is -2.36. The van der Waals surface area contributed by atoms with Crippen LogP contribution in [0, 0.1) is 0 Å². The number of hydrogen-bond donors (Lipinski definition) is 1. The largest absolute Gasteiger partial charge is 0.493 e. The van der Waals surface area contributed by atoms with Gasteiger partial charge in [0.15, 0.2) is 11.5 Å². The van der Waals surface area contributed by atoms with Crippen molar-refractivity contribution in [3.05, 3.63) is 23.8 Å². The van der Waals surface area contributed by atoms with Crippen LogP contribution in [0.3, 0.4) is 0 Å². The number of likely N-dealkylation sites (tertiary alicyclic amines) is 1. The smallest absolute Gasteiger partial charge is 0.161 e. The van der Waals surface area contributed by atoms with Crippen LogP contribution in [0.25, 0.3) is 0 Å². The molecule has 2 heterocycles. The molecule has 0 bridgehead atoms. The van der Waals surface area contributed by atoms with E-state index < -0.39 is 0 Å². The molecule has 0 spiro atoms. The lowest BCUT2D eigenvalue weighted by Crippen LogP contribution is -2.51. The first-order valence-corrected chi connectivity index (χ1v) is 7.00. The zero-order valence-corrected chi connectivity index (χ0v) is 11.7. The zero-order chi connectivity index (χ0) is 13.2. The third kappa shape index (κ3) is 2.69. The Bertz CT molecular complexity index is 438. The summed E-state index contributed by atoms with van der Waals surface area (Å²) in [7, 11) is 3.82. The van der Waals surface area contributed by atoms with Gasteiger partial charge in [0.2, 0.25) is 0 Å². The molecule has 4 heteroatoms. The topological polar surface area (TPSA) is 33.7 Å². The van der Waals surface area contributed by atoms with Crippen molar-refractivity contribution in [2.75, 3.05) is 40.3 Å². The first-order valence-electron chi connectivity index (χ1n) is 7.00. The number of ether oxygens (including phenoxy) is 2. The third-order valence-corrected chi connectivity index (χ3v) is 4.04. The number of rotatable bonds is 4. The van der Waals surface area contributed by atoms with E-state index in [1.807, 2.05) is 0 Å². The molecular weight excluding hydrogens is 240 g/mol. The van der Waals surface area contributed by atoms with Crippen LogP contribution in [0.4, 0.5) is 0 Å². The Morgan fingerprint density at radius 2 is 2.11 bits per heavy atom. The molecule has 2 saturated heterocycles. The van der Waals surface area contributed by atoms with Crippen LogP contribution in [0.5, 0.6) is 11.5 Å². The molecule has 4 nitrogen and oxygen atoms in total. The normalized spacial score (nSPS) is 24.2. The molecule has 19 heavy (non-hydrogen) atoms. The Hall–Kier alpha value is -1.26. The van der Waals surface area contributed by atoms with Crippen LogP contribution < -0.4 is 14.8 Å². The number of benzene rings is 1. The van der Waals surface area contributed by atoms with Gasteiger partial charge < -0.3 is 14.8 Å². The van der Waals surface area contributed by atoms with Crippen molar-refractivity contribution in [1.29, 1.82) is 0 Å². The number of hydrogen-bond acceptors (Lipinski definition) is 4. The zero-order valence-electron chi connectivity index (χ0n) is 11.7. The Morgan fingerprint density at radius 3 is 2.74 bits per heavy atom. The molecule has 3 rings (SSSR count). The number of nitrogens with one attached hydrogen (secondary N) is 1. The SMILES string of the molecule is COc1cc(C2CCNC2)ccc1OC1CN(C)C1. The van der Waals surface area contributed by atoms with E-state index in [9.17, 15) is 0 Å². The van der Waals surface area contributed by atoms with Gasteiger partial charge in [0.1, 0.15) is 6.10 Å². The molecule has 104 valence electrons. The summed E-state index contributed by atoms with van der Waals surface area (Å²) in [6.45, 7) is 4.17. The summed E-state index contributed by atoms with van der Waals surface area (Å²) in [4.78, 5) is 2.25. The molecule has 2 aliphatic rings.